The summed E-state index contributed by atoms with van der Waals surface area (Å²) in [5, 5.41) is 3.06. The Bertz CT molecular complexity index is 455. The molecule has 0 saturated carbocycles. The van der Waals surface area contributed by atoms with Gasteiger partial charge in [-0.3, -0.25) is 0 Å². The number of nitrogens with zero attached hydrogens (tertiary/aromatic N) is 2. The number of hydrogen-bond acceptors (Lipinski definition) is 5. The van der Waals surface area contributed by atoms with Crippen molar-refractivity contribution in [2.24, 2.45) is 0 Å². The topological polar surface area (TPSA) is 60.2 Å². The summed E-state index contributed by atoms with van der Waals surface area (Å²) in [6.07, 6.45) is 3.40. The van der Waals surface area contributed by atoms with Crippen molar-refractivity contribution < 1.29 is 9.15 Å². The maximum Gasteiger partial charge on any atom is 0.226 e. The number of ether oxygens (including phenoxy) is 1. The van der Waals surface area contributed by atoms with E-state index in [4.69, 9.17) is 9.15 Å². The molecule has 0 aromatic carbocycles. The van der Waals surface area contributed by atoms with Crippen LogP contribution in [0.4, 0.5) is 5.95 Å². The lowest BCUT2D eigenvalue weighted by Crippen LogP contribution is -2.09. The number of aromatic nitrogens is 2. The van der Waals surface area contributed by atoms with Gasteiger partial charge >= 0.3 is 0 Å². The fourth-order valence-electron chi connectivity index (χ4n) is 1.31. The quantitative estimate of drug-likeness (QED) is 0.859. The van der Waals surface area contributed by atoms with Gasteiger partial charge in [-0.05, 0) is 26.0 Å². The minimum atomic E-state index is 0.0998. The van der Waals surface area contributed by atoms with E-state index >= 15 is 0 Å². The Kier molecular flexibility index (Phi) is 3.59. The van der Waals surface area contributed by atoms with Crippen molar-refractivity contribution in [3.05, 3.63) is 36.4 Å². The molecule has 17 heavy (non-hydrogen) atoms. The summed E-state index contributed by atoms with van der Waals surface area (Å²) in [5.74, 6) is 1.93. The van der Waals surface area contributed by atoms with Crippen LogP contribution in [0.15, 0.2) is 35.1 Å². The zero-order valence-electron chi connectivity index (χ0n) is 9.88. The second-order valence-corrected chi connectivity index (χ2v) is 3.82. The van der Waals surface area contributed by atoms with E-state index in [1.807, 2.05) is 26.0 Å². The van der Waals surface area contributed by atoms with E-state index < -0.39 is 0 Å². The summed E-state index contributed by atoms with van der Waals surface area (Å²) in [6.45, 7) is 4.47. The smallest absolute Gasteiger partial charge is 0.226 e. The van der Waals surface area contributed by atoms with E-state index in [9.17, 15) is 0 Å². The van der Waals surface area contributed by atoms with Gasteiger partial charge in [0, 0.05) is 12.3 Å². The zero-order chi connectivity index (χ0) is 12.1. The highest BCUT2D eigenvalue weighted by Gasteiger charge is 2.02. The van der Waals surface area contributed by atoms with E-state index in [1.54, 1.807) is 18.5 Å². The van der Waals surface area contributed by atoms with Crippen molar-refractivity contribution in [2.75, 3.05) is 5.32 Å². The maximum atomic E-state index is 5.48. The predicted molar refractivity (Wildman–Crippen MR) is 63.8 cm³/mol. The van der Waals surface area contributed by atoms with Gasteiger partial charge in [0.2, 0.25) is 11.8 Å². The molecule has 0 unspecified atom stereocenters. The first-order chi connectivity index (χ1) is 8.24. The molecule has 0 radical (unpaired) electrons. The van der Waals surface area contributed by atoms with Crippen molar-refractivity contribution in [3.8, 4) is 5.88 Å². The Morgan fingerprint density at radius 1 is 1.41 bits per heavy atom. The minimum Gasteiger partial charge on any atom is -0.475 e. The first-order valence-corrected chi connectivity index (χ1v) is 5.50. The third-order valence-electron chi connectivity index (χ3n) is 1.99. The van der Waals surface area contributed by atoms with Gasteiger partial charge in [0.1, 0.15) is 5.76 Å². The van der Waals surface area contributed by atoms with E-state index in [0.717, 1.165) is 5.76 Å². The van der Waals surface area contributed by atoms with Crippen LogP contribution in [0.3, 0.4) is 0 Å². The van der Waals surface area contributed by atoms with Gasteiger partial charge < -0.3 is 14.5 Å². The highest BCUT2D eigenvalue weighted by atomic mass is 16.5. The Labute approximate surface area is 99.8 Å². The Morgan fingerprint density at radius 2 is 2.29 bits per heavy atom. The Hall–Kier alpha value is -2.04. The second-order valence-electron chi connectivity index (χ2n) is 3.82. The molecule has 2 rings (SSSR count). The molecular weight excluding hydrogens is 218 g/mol. The Balaban J connectivity index is 1.96. The molecule has 0 amide bonds. The normalized spacial score (nSPS) is 10.5. The van der Waals surface area contributed by atoms with Crippen LogP contribution >= 0.6 is 0 Å². The van der Waals surface area contributed by atoms with E-state index in [-0.39, 0.29) is 6.10 Å². The molecule has 0 saturated heterocycles. The first kappa shape index (κ1) is 11.4. The van der Waals surface area contributed by atoms with E-state index in [1.165, 1.54) is 0 Å². The molecule has 2 aromatic rings. The van der Waals surface area contributed by atoms with Crippen LogP contribution in [0.2, 0.25) is 0 Å². The summed E-state index contributed by atoms with van der Waals surface area (Å²) in [4.78, 5) is 8.33. The first-order valence-electron chi connectivity index (χ1n) is 5.50. The largest absolute Gasteiger partial charge is 0.475 e. The van der Waals surface area contributed by atoms with E-state index in [0.29, 0.717) is 18.4 Å². The number of nitrogens with one attached hydrogen (secondary N) is 1. The molecule has 0 bridgehead atoms. The van der Waals surface area contributed by atoms with Crippen LogP contribution in [-0.4, -0.2) is 16.1 Å². The van der Waals surface area contributed by atoms with Crippen LogP contribution < -0.4 is 10.1 Å². The SMILES string of the molecule is CC(C)Oc1ccnc(NCc2ccco2)n1. The summed E-state index contributed by atoms with van der Waals surface area (Å²) >= 11 is 0. The zero-order valence-corrected chi connectivity index (χ0v) is 9.88. The molecule has 90 valence electrons. The molecule has 5 heteroatoms. The van der Waals surface area contributed by atoms with Crippen LogP contribution in [0.1, 0.15) is 19.6 Å². The summed E-state index contributed by atoms with van der Waals surface area (Å²) in [6, 6.07) is 5.47. The molecule has 0 atom stereocenters. The lowest BCUT2D eigenvalue weighted by atomic mass is 10.4. The van der Waals surface area contributed by atoms with Gasteiger partial charge in [0.25, 0.3) is 0 Å². The standard InChI is InChI=1S/C12H15N3O2/c1-9(2)17-11-5-6-13-12(15-11)14-8-10-4-3-7-16-10/h3-7,9H,8H2,1-2H3,(H,13,14,15). The molecule has 0 fully saturated rings. The van der Waals surface area contributed by atoms with Crippen LogP contribution in [0.25, 0.3) is 0 Å². The molecule has 2 aromatic heterocycles. The van der Waals surface area contributed by atoms with Gasteiger partial charge in [-0.15, -0.1) is 0 Å². The molecular formula is C12H15N3O2. The number of hydrogen-bond donors (Lipinski definition) is 1. The summed E-state index contributed by atoms with van der Waals surface area (Å²) in [5.41, 5.74) is 0. The molecule has 0 aliphatic carbocycles. The van der Waals surface area contributed by atoms with Crippen molar-refractivity contribution in [1.29, 1.82) is 0 Å². The van der Waals surface area contributed by atoms with Gasteiger partial charge in [0.15, 0.2) is 0 Å². The third-order valence-corrected chi connectivity index (χ3v) is 1.99. The number of anilines is 1. The second kappa shape index (κ2) is 5.34. The third kappa shape index (κ3) is 3.48. The van der Waals surface area contributed by atoms with Crippen molar-refractivity contribution >= 4 is 5.95 Å². The molecule has 5 nitrogen and oxygen atoms in total. The fourth-order valence-corrected chi connectivity index (χ4v) is 1.31. The molecule has 0 spiro atoms. The predicted octanol–water partition coefficient (Wildman–Crippen LogP) is 2.47. The number of furan rings is 1. The van der Waals surface area contributed by atoms with Crippen molar-refractivity contribution in [3.63, 3.8) is 0 Å². The minimum absolute atomic E-state index is 0.0998. The van der Waals surface area contributed by atoms with Gasteiger partial charge in [-0.25, -0.2) is 4.98 Å². The van der Waals surface area contributed by atoms with Crippen LogP contribution in [-0.2, 0) is 6.54 Å². The molecule has 2 heterocycles. The fraction of sp³-hybridized carbons (Fsp3) is 0.333. The highest BCUT2D eigenvalue weighted by molar-refractivity contribution is 5.28. The van der Waals surface area contributed by atoms with Gasteiger partial charge in [-0.1, -0.05) is 0 Å². The average molecular weight is 233 g/mol. The summed E-state index contributed by atoms with van der Waals surface area (Å²) < 4.78 is 10.7. The van der Waals surface area contributed by atoms with Crippen molar-refractivity contribution in [2.45, 2.75) is 26.5 Å². The summed E-state index contributed by atoms with van der Waals surface area (Å²) in [7, 11) is 0. The Morgan fingerprint density at radius 3 is 3.00 bits per heavy atom. The highest BCUT2D eigenvalue weighted by Crippen LogP contribution is 2.11. The average Bonchev–Trinajstić information content (AvgIpc) is 2.79. The van der Waals surface area contributed by atoms with Crippen LogP contribution in [0.5, 0.6) is 5.88 Å². The van der Waals surface area contributed by atoms with Crippen LogP contribution in [0, 0.1) is 0 Å². The van der Waals surface area contributed by atoms with Crippen molar-refractivity contribution in [1.82, 2.24) is 9.97 Å². The lowest BCUT2D eigenvalue weighted by molar-refractivity contribution is 0.232. The monoisotopic (exact) mass is 233 g/mol. The lowest BCUT2D eigenvalue weighted by Gasteiger charge is -2.09. The van der Waals surface area contributed by atoms with Gasteiger partial charge in [-0.2, -0.15) is 4.98 Å². The molecule has 1 N–H and O–H groups in total. The maximum absolute atomic E-state index is 5.48. The molecule has 0 aliphatic heterocycles. The van der Waals surface area contributed by atoms with Gasteiger partial charge in [0.05, 0.1) is 18.9 Å². The van der Waals surface area contributed by atoms with E-state index in [2.05, 4.69) is 15.3 Å². The molecule has 0 aliphatic rings. The number of rotatable bonds is 5.